The van der Waals surface area contributed by atoms with Gasteiger partial charge in [0.05, 0.1) is 10.8 Å². The van der Waals surface area contributed by atoms with E-state index < -0.39 is 5.97 Å². The van der Waals surface area contributed by atoms with Gasteiger partial charge in [0.2, 0.25) is 5.91 Å². The van der Waals surface area contributed by atoms with Gasteiger partial charge in [-0.2, -0.15) is 0 Å². The van der Waals surface area contributed by atoms with Gasteiger partial charge in [-0.1, -0.05) is 37.3 Å². The molecule has 2 aromatic carbocycles. The van der Waals surface area contributed by atoms with E-state index in [0.717, 1.165) is 16.9 Å². The quantitative estimate of drug-likeness (QED) is 0.774. The van der Waals surface area contributed by atoms with Crippen LogP contribution in [-0.2, 0) is 11.3 Å². The molecule has 24 heavy (non-hydrogen) atoms. The first kappa shape index (κ1) is 18.1. The molecule has 1 amide bonds. The standard InChI is InChI=1S/C19H21NO3S/c1-3-17(24-16-7-5-4-6-8-16)18(21)20(2)13-14-9-11-15(12-10-14)19(22)23/h4-12,17H,3,13H2,1-2H3,(H,22,23). The van der Waals surface area contributed by atoms with Crippen molar-refractivity contribution in [3.8, 4) is 0 Å². The lowest BCUT2D eigenvalue weighted by Crippen LogP contribution is -2.34. The Morgan fingerprint density at radius 2 is 1.71 bits per heavy atom. The first-order valence-electron chi connectivity index (χ1n) is 7.80. The molecule has 2 rings (SSSR count). The number of thioether (sulfide) groups is 1. The molecule has 1 atom stereocenters. The van der Waals surface area contributed by atoms with Crippen LogP contribution in [0.1, 0.15) is 29.3 Å². The summed E-state index contributed by atoms with van der Waals surface area (Å²) in [6.45, 7) is 2.47. The van der Waals surface area contributed by atoms with Crippen molar-refractivity contribution in [2.75, 3.05) is 7.05 Å². The maximum absolute atomic E-state index is 12.7. The van der Waals surface area contributed by atoms with Crippen LogP contribution in [0.5, 0.6) is 0 Å². The van der Waals surface area contributed by atoms with Crippen molar-refractivity contribution >= 4 is 23.6 Å². The predicted molar refractivity (Wildman–Crippen MR) is 96.3 cm³/mol. The van der Waals surface area contributed by atoms with Crippen molar-refractivity contribution in [2.45, 2.75) is 30.0 Å². The number of carbonyl (C=O) groups excluding carboxylic acids is 1. The summed E-state index contributed by atoms with van der Waals surface area (Å²) in [7, 11) is 1.78. The highest BCUT2D eigenvalue weighted by atomic mass is 32.2. The molecule has 1 unspecified atom stereocenters. The van der Waals surface area contributed by atoms with Crippen LogP contribution in [0.3, 0.4) is 0 Å². The lowest BCUT2D eigenvalue weighted by atomic mass is 10.1. The number of rotatable bonds is 7. The minimum absolute atomic E-state index is 0.0775. The van der Waals surface area contributed by atoms with Crippen molar-refractivity contribution in [3.63, 3.8) is 0 Å². The van der Waals surface area contributed by atoms with Crippen LogP contribution in [0.25, 0.3) is 0 Å². The molecule has 0 saturated heterocycles. The number of carboxylic acids is 1. The third kappa shape index (κ3) is 4.86. The van der Waals surface area contributed by atoms with E-state index in [2.05, 4.69) is 0 Å². The number of carboxylic acid groups (broad SMARTS) is 1. The van der Waals surface area contributed by atoms with E-state index in [9.17, 15) is 9.59 Å². The molecule has 0 aliphatic heterocycles. The lowest BCUT2D eigenvalue weighted by molar-refractivity contribution is -0.129. The van der Waals surface area contributed by atoms with E-state index in [1.807, 2.05) is 37.3 Å². The lowest BCUT2D eigenvalue weighted by Gasteiger charge is -2.23. The summed E-state index contributed by atoms with van der Waals surface area (Å²) in [5.74, 6) is -0.870. The molecule has 0 fully saturated rings. The smallest absolute Gasteiger partial charge is 0.335 e. The number of hydrogen-bond donors (Lipinski definition) is 1. The summed E-state index contributed by atoms with van der Waals surface area (Å²) < 4.78 is 0. The largest absolute Gasteiger partial charge is 0.478 e. The zero-order valence-electron chi connectivity index (χ0n) is 13.8. The molecule has 0 heterocycles. The van der Waals surface area contributed by atoms with Crippen molar-refractivity contribution in [3.05, 3.63) is 65.7 Å². The Morgan fingerprint density at radius 3 is 2.25 bits per heavy atom. The van der Waals surface area contributed by atoms with Gasteiger partial charge in [0.15, 0.2) is 0 Å². The minimum Gasteiger partial charge on any atom is -0.478 e. The average Bonchev–Trinajstić information content (AvgIpc) is 2.60. The second kappa shape index (κ2) is 8.55. The molecule has 4 nitrogen and oxygen atoms in total. The third-order valence-corrected chi connectivity index (χ3v) is 5.03. The molecule has 0 aromatic heterocycles. The molecule has 0 saturated carbocycles. The Morgan fingerprint density at radius 1 is 1.08 bits per heavy atom. The third-order valence-electron chi connectivity index (χ3n) is 3.66. The van der Waals surface area contributed by atoms with Crippen molar-refractivity contribution < 1.29 is 14.7 Å². The van der Waals surface area contributed by atoms with Crippen LogP contribution in [-0.4, -0.2) is 34.2 Å². The van der Waals surface area contributed by atoms with Gasteiger partial charge in [0.1, 0.15) is 0 Å². The zero-order chi connectivity index (χ0) is 17.5. The predicted octanol–water partition coefficient (Wildman–Crippen LogP) is 3.91. The molecule has 126 valence electrons. The number of hydrogen-bond acceptors (Lipinski definition) is 3. The van der Waals surface area contributed by atoms with Gasteiger partial charge in [0, 0.05) is 18.5 Å². The van der Waals surface area contributed by atoms with Gasteiger partial charge in [-0.3, -0.25) is 4.79 Å². The van der Waals surface area contributed by atoms with E-state index in [-0.39, 0.29) is 16.7 Å². The molecule has 0 radical (unpaired) electrons. The fourth-order valence-electron chi connectivity index (χ4n) is 2.32. The second-order valence-corrected chi connectivity index (χ2v) is 6.80. The molecule has 2 aromatic rings. The fourth-order valence-corrected chi connectivity index (χ4v) is 3.41. The first-order chi connectivity index (χ1) is 11.5. The highest BCUT2D eigenvalue weighted by Crippen LogP contribution is 2.26. The van der Waals surface area contributed by atoms with E-state index in [0.29, 0.717) is 6.54 Å². The SMILES string of the molecule is CCC(Sc1ccccc1)C(=O)N(C)Cc1ccc(C(=O)O)cc1. The van der Waals surface area contributed by atoms with Crippen LogP contribution in [0.2, 0.25) is 0 Å². The summed E-state index contributed by atoms with van der Waals surface area (Å²) >= 11 is 1.57. The molecular weight excluding hydrogens is 322 g/mol. The van der Waals surface area contributed by atoms with E-state index in [1.165, 1.54) is 0 Å². The highest BCUT2D eigenvalue weighted by Gasteiger charge is 2.21. The average molecular weight is 343 g/mol. The van der Waals surface area contributed by atoms with Gasteiger partial charge < -0.3 is 10.0 Å². The molecule has 5 heteroatoms. The Bertz CT molecular complexity index is 686. The van der Waals surface area contributed by atoms with Gasteiger partial charge >= 0.3 is 5.97 Å². The number of nitrogens with zero attached hydrogens (tertiary/aromatic N) is 1. The molecule has 0 aliphatic carbocycles. The van der Waals surface area contributed by atoms with Gasteiger partial charge in [-0.25, -0.2) is 4.79 Å². The van der Waals surface area contributed by atoms with Gasteiger partial charge in [-0.05, 0) is 36.2 Å². The topological polar surface area (TPSA) is 57.6 Å². The molecule has 0 spiro atoms. The maximum atomic E-state index is 12.7. The Labute approximate surface area is 146 Å². The molecular formula is C19H21NO3S. The zero-order valence-corrected chi connectivity index (χ0v) is 14.6. The van der Waals surface area contributed by atoms with Crippen LogP contribution in [0, 0.1) is 0 Å². The van der Waals surface area contributed by atoms with E-state index in [4.69, 9.17) is 5.11 Å². The summed E-state index contributed by atoms with van der Waals surface area (Å²) in [5, 5.41) is 8.79. The minimum atomic E-state index is -0.948. The van der Waals surface area contributed by atoms with Crippen LogP contribution in [0.4, 0.5) is 0 Å². The van der Waals surface area contributed by atoms with Crippen molar-refractivity contribution in [1.82, 2.24) is 4.90 Å². The second-order valence-electron chi connectivity index (χ2n) is 5.52. The number of benzene rings is 2. The molecule has 0 aliphatic rings. The summed E-state index contributed by atoms with van der Waals surface area (Å²) in [6, 6.07) is 16.5. The number of carbonyl (C=O) groups is 2. The van der Waals surface area contributed by atoms with Crippen LogP contribution >= 0.6 is 11.8 Å². The summed E-state index contributed by atoms with van der Waals surface area (Å²) in [5.41, 5.74) is 1.16. The molecule has 1 N–H and O–H groups in total. The maximum Gasteiger partial charge on any atom is 0.335 e. The number of amides is 1. The normalized spacial score (nSPS) is 11.8. The van der Waals surface area contributed by atoms with Crippen LogP contribution < -0.4 is 0 Å². The van der Waals surface area contributed by atoms with Gasteiger partial charge in [0.25, 0.3) is 0 Å². The summed E-state index contributed by atoms with van der Waals surface area (Å²) in [4.78, 5) is 26.3. The number of aromatic carboxylic acids is 1. The highest BCUT2D eigenvalue weighted by molar-refractivity contribution is 8.00. The van der Waals surface area contributed by atoms with Crippen LogP contribution in [0.15, 0.2) is 59.5 Å². The van der Waals surface area contributed by atoms with Gasteiger partial charge in [-0.15, -0.1) is 11.8 Å². The van der Waals surface area contributed by atoms with Crippen molar-refractivity contribution in [1.29, 1.82) is 0 Å². The first-order valence-corrected chi connectivity index (χ1v) is 8.68. The summed E-state index contributed by atoms with van der Waals surface area (Å²) in [6.07, 6.45) is 0.751. The van der Waals surface area contributed by atoms with Crippen molar-refractivity contribution in [2.24, 2.45) is 0 Å². The van der Waals surface area contributed by atoms with E-state index in [1.54, 1.807) is 48.0 Å². The Balaban J connectivity index is 2.00. The Kier molecular flexibility index (Phi) is 6.44. The Hall–Kier alpha value is -2.27. The van der Waals surface area contributed by atoms with E-state index >= 15 is 0 Å². The fraction of sp³-hybridized carbons (Fsp3) is 0.263. The molecule has 0 bridgehead atoms. The monoisotopic (exact) mass is 343 g/mol.